The third-order valence-electron chi connectivity index (χ3n) is 5.67. The smallest absolute Gasteiger partial charge is 0.303 e. The average molecular weight is 484 g/mol. The van der Waals surface area contributed by atoms with Crippen LogP contribution in [0.1, 0.15) is 43.2 Å². The molecule has 2 atom stereocenters. The highest BCUT2D eigenvalue weighted by Gasteiger charge is 2.22. The lowest BCUT2D eigenvalue weighted by Crippen LogP contribution is -2.37. The molecule has 0 saturated carbocycles. The van der Waals surface area contributed by atoms with E-state index >= 15 is 0 Å². The molecule has 0 spiro atoms. The molecule has 0 aliphatic rings. The Kier molecular flexibility index (Phi) is 8.93. The summed E-state index contributed by atoms with van der Waals surface area (Å²) in [7, 11) is 0. The SMILES string of the molecule is CC(NC(=O)CCCC(=O)O)C(Cc1ccc(Cl)c(Cl)c1)c1ccc(-c2ccccc2)cc1. The number of halogens is 2. The molecule has 0 radical (unpaired) electrons. The molecule has 1 amide bonds. The van der Waals surface area contributed by atoms with E-state index in [-0.39, 0.29) is 30.7 Å². The highest BCUT2D eigenvalue weighted by molar-refractivity contribution is 6.42. The minimum Gasteiger partial charge on any atom is -0.481 e. The van der Waals surface area contributed by atoms with E-state index in [1.807, 2.05) is 37.3 Å². The van der Waals surface area contributed by atoms with Crippen molar-refractivity contribution < 1.29 is 14.7 Å². The van der Waals surface area contributed by atoms with Gasteiger partial charge in [-0.3, -0.25) is 9.59 Å². The molecule has 2 N–H and O–H groups in total. The standard InChI is InChI=1S/C27H27Cl2NO3/c1-18(30-26(31)8-5-9-27(32)33)23(16-19-10-15-24(28)25(29)17-19)22-13-11-21(12-14-22)20-6-3-2-4-7-20/h2-4,6-7,10-15,17-18,23H,5,8-9,16H2,1H3,(H,30,31)(H,32,33). The van der Waals surface area contributed by atoms with E-state index in [9.17, 15) is 9.59 Å². The fraction of sp³-hybridized carbons (Fsp3) is 0.259. The van der Waals surface area contributed by atoms with Crippen LogP contribution in [0.5, 0.6) is 0 Å². The van der Waals surface area contributed by atoms with Crippen LogP contribution in [0.25, 0.3) is 11.1 Å². The Morgan fingerprint density at radius 3 is 2.18 bits per heavy atom. The molecule has 0 aliphatic heterocycles. The number of carbonyl (C=O) groups excluding carboxylic acids is 1. The monoisotopic (exact) mass is 483 g/mol. The Morgan fingerprint density at radius 2 is 1.55 bits per heavy atom. The van der Waals surface area contributed by atoms with Crippen LogP contribution in [-0.2, 0) is 16.0 Å². The molecular formula is C27H27Cl2NO3. The van der Waals surface area contributed by atoms with Crippen molar-refractivity contribution in [2.24, 2.45) is 0 Å². The Hall–Kier alpha value is -2.82. The molecular weight excluding hydrogens is 457 g/mol. The van der Waals surface area contributed by atoms with Crippen molar-refractivity contribution in [3.63, 3.8) is 0 Å². The number of carboxylic acids is 1. The summed E-state index contributed by atoms with van der Waals surface area (Å²) in [4.78, 5) is 23.1. The number of aliphatic carboxylic acids is 1. The third-order valence-corrected chi connectivity index (χ3v) is 6.41. The van der Waals surface area contributed by atoms with Gasteiger partial charge in [0.1, 0.15) is 0 Å². The maximum atomic E-state index is 12.4. The average Bonchev–Trinajstić information content (AvgIpc) is 2.80. The molecule has 0 aromatic heterocycles. The number of benzene rings is 3. The topological polar surface area (TPSA) is 66.4 Å². The van der Waals surface area contributed by atoms with Crippen LogP contribution in [0, 0.1) is 0 Å². The largest absolute Gasteiger partial charge is 0.481 e. The molecule has 0 fully saturated rings. The van der Waals surface area contributed by atoms with E-state index in [1.165, 1.54) is 0 Å². The summed E-state index contributed by atoms with van der Waals surface area (Å²) in [6, 6.07) is 23.9. The van der Waals surface area contributed by atoms with Crippen molar-refractivity contribution in [2.75, 3.05) is 0 Å². The van der Waals surface area contributed by atoms with E-state index in [0.29, 0.717) is 22.9 Å². The molecule has 0 bridgehead atoms. The summed E-state index contributed by atoms with van der Waals surface area (Å²) in [6.45, 7) is 1.97. The fourth-order valence-corrected chi connectivity index (χ4v) is 4.20. The highest BCUT2D eigenvalue weighted by atomic mass is 35.5. The molecule has 3 rings (SSSR count). The number of carboxylic acid groups (broad SMARTS) is 1. The lowest BCUT2D eigenvalue weighted by atomic mass is 9.85. The van der Waals surface area contributed by atoms with Crippen molar-refractivity contribution in [1.82, 2.24) is 5.32 Å². The van der Waals surface area contributed by atoms with E-state index in [0.717, 1.165) is 22.3 Å². The minimum atomic E-state index is -0.896. The third kappa shape index (κ3) is 7.34. The fourth-order valence-electron chi connectivity index (χ4n) is 3.88. The Labute approximate surface area is 204 Å². The lowest BCUT2D eigenvalue weighted by Gasteiger charge is -2.26. The van der Waals surface area contributed by atoms with Crippen molar-refractivity contribution in [3.05, 3.63) is 94.0 Å². The van der Waals surface area contributed by atoms with Crippen LogP contribution in [0.4, 0.5) is 0 Å². The van der Waals surface area contributed by atoms with E-state index < -0.39 is 5.97 Å². The van der Waals surface area contributed by atoms with Gasteiger partial charge in [-0.2, -0.15) is 0 Å². The second-order valence-electron chi connectivity index (χ2n) is 8.15. The van der Waals surface area contributed by atoms with Gasteiger partial charge in [-0.15, -0.1) is 0 Å². The van der Waals surface area contributed by atoms with E-state index in [2.05, 4.69) is 41.7 Å². The second-order valence-corrected chi connectivity index (χ2v) is 8.96. The molecule has 3 aromatic rings. The summed E-state index contributed by atoms with van der Waals surface area (Å²) in [6.07, 6.45) is 1.15. The van der Waals surface area contributed by atoms with Gasteiger partial charge in [0.25, 0.3) is 0 Å². The summed E-state index contributed by atoms with van der Waals surface area (Å²) in [5.41, 5.74) is 4.38. The molecule has 2 unspecified atom stereocenters. The quantitative estimate of drug-likeness (QED) is 0.335. The Bertz CT molecular complexity index is 1080. The van der Waals surface area contributed by atoms with E-state index in [4.69, 9.17) is 28.3 Å². The molecule has 3 aromatic carbocycles. The van der Waals surface area contributed by atoms with Gasteiger partial charge in [-0.05, 0) is 54.2 Å². The van der Waals surface area contributed by atoms with Gasteiger partial charge in [-0.25, -0.2) is 0 Å². The van der Waals surface area contributed by atoms with Gasteiger partial charge < -0.3 is 10.4 Å². The number of hydrogen-bond donors (Lipinski definition) is 2. The highest BCUT2D eigenvalue weighted by Crippen LogP contribution is 2.30. The van der Waals surface area contributed by atoms with Crippen molar-refractivity contribution in [2.45, 2.75) is 44.6 Å². The number of nitrogens with one attached hydrogen (secondary N) is 1. The van der Waals surface area contributed by atoms with Crippen LogP contribution in [0.15, 0.2) is 72.8 Å². The van der Waals surface area contributed by atoms with E-state index in [1.54, 1.807) is 6.07 Å². The molecule has 4 nitrogen and oxygen atoms in total. The van der Waals surface area contributed by atoms with Gasteiger partial charge in [0, 0.05) is 24.8 Å². The maximum Gasteiger partial charge on any atom is 0.303 e. The zero-order chi connectivity index (χ0) is 23.8. The maximum absolute atomic E-state index is 12.4. The first kappa shape index (κ1) is 24.8. The summed E-state index contributed by atoms with van der Waals surface area (Å²) in [5.74, 6) is -1.05. The number of carbonyl (C=O) groups is 2. The first-order chi connectivity index (χ1) is 15.8. The first-order valence-electron chi connectivity index (χ1n) is 10.9. The molecule has 0 heterocycles. The molecule has 33 heavy (non-hydrogen) atoms. The number of amides is 1. The molecule has 0 saturated heterocycles. The summed E-state index contributed by atoms with van der Waals surface area (Å²) < 4.78 is 0. The summed E-state index contributed by atoms with van der Waals surface area (Å²) in [5, 5.41) is 12.9. The number of rotatable bonds is 10. The second kappa shape index (κ2) is 11.9. The molecule has 172 valence electrons. The van der Waals surface area contributed by atoms with Gasteiger partial charge in [0.15, 0.2) is 0 Å². The van der Waals surface area contributed by atoms with Gasteiger partial charge in [0.2, 0.25) is 5.91 Å². The van der Waals surface area contributed by atoms with Crippen molar-refractivity contribution in [3.8, 4) is 11.1 Å². The van der Waals surface area contributed by atoms with Crippen LogP contribution in [0.2, 0.25) is 10.0 Å². The lowest BCUT2D eigenvalue weighted by molar-refractivity contribution is -0.137. The van der Waals surface area contributed by atoms with Crippen LogP contribution in [0.3, 0.4) is 0 Å². The molecule has 6 heteroatoms. The predicted molar refractivity (Wildman–Crippen MR) is 134 cm³/mol. The zero-order valence-corrected chi connectivity index (χ0v) is 19.9. The predicted octanol–water partition coefficient (Wildman–Crippen LogP) is 6.75. The minimum absolute atomic E-state index is 0.00418. The zero-order valence-electron chi connectivity index (χ0n) is 18.4. The normalized spacial score (nSPS) is 12.7. The Balaban J connectivity index is 1.80. The van der Waals surface area contributed by atoms with Gasteiger partial charge >= 0.3 is 5.97 Å². The van der Waals surface area contributed by atoms with Gasteiger partial charge in [-0.1, -0.05) is 83.9 Å². The summed E-state index contributed by atoms with van der Waals surface area (Å²) >= 11 is 12.3. The van der Waals surface area contributed by atoms with Crippen molar-refractivity contribution >= 4 is 35.1 Å². The van der Waals surface area contributed by atoms with Crippen LogP contribution < -0.4 is 5.32 Å². The van der Waals surface area contributed by atoms with Crippen LogP contribution >= 0.6 is 23.2 Å². The molecule has 0 aliphatic carbocycles. The van der Waals surface area contributed by atoms with Gasteiger partial charge in [0.05, 0.1) is 10.0 Å². The first-order valence-corrected chi connectivity index (χ1v) is 11.7. The number of hydrogen-bond acceptors (Lipinski definition) is 2. The van der Waals surface area contributed by atoms with Crippen LogP contribution in [-0.4, -0.2) is 23.0 Å². The Morgan fingerprint density at radius 1 is 0.879 bits per heavy atom. The van der Waals surface area contributed by atoms with Crippen molar-refractivity contribution in [1.29, 1.82) is 0 Å².